The number of benzene rings is 2. The van der Waals surface area contributed by atoms with Crippen LogP contribution in [0.4, 0.5) is 0 Å². The molecule has 2 aromatic carbocycles. The highest BCUT2D eigenvalue weighted by molar-refractivity contribution is 5.13. The van der Waals surface area contributed by atoms with E-state index in [1.165, 1.54) is 44.1 Å². The lowest BCUT2D eigenvalue weighted by Crippen LogP contribution is -1.96. The van der Waals surface area contributed by atoms with Crippen molar-refractivity contribution in [2.24, 2.45) is 5.73 Å². The summed E-state index contributed by atoms with van der Waals surface area (Å²) in [5, 5.41) is 0. The molecule has 0 fully saturated rings. The Morgan fingerprint density at radius 3 is 1.56 bits per heavy atom. The zero-order valence-electron chi connectivity index (χ0n) is 16.2. The van der Waals surface area contributed by atoms with E-state index in [2.05, 4.69) is 13.8 Å². The van der Waals surface area contributed by atoms with Crippen molar-refractivity contribution in [1.29, 1.82) is 0 Å². The number of hydrogen-bond donors (Lipinski definition) is 1. The van der Waals surface area contributed by atoms with Gasteiger partial charge >= 0.3 is 0 Å². The topological polar surface area (TPSA) is 35.2 Å². The van der Waals surface area contributed by atoms with Crippen molar-refractivity contribution in [2.75, 3.05) is 13.2 Å². The quantitative estimate of drug-likeness (QED) is 0.549. The fraction of sp³-hybridized carbons (Fsp3) is 0.478. The summed E-state index contributed by atoms with van der Waals surface area (Å²) in [6.45, 7) is 7.00. The number of nitrogens with two attached hydrogens (primary N) is 1. The second-order valence-electron chi connectivity index (χ2n) is 5.87. The zero-order valence-corrected chi connectivity index (χ0v) is 16.2. The van der Waals surface area contributed by atoms with E-state index in [9.17, 15) is 0 Å². The average Bonchev–Trinajstić information content (AvgIpc) is 2.70. The molecule has 0 aliphatic carbocycles. The Bertz CT molecular complexity index is 409. The van der Waals surface area contributed by atoms with E-state index in [0.717, 1.165) is 13.2 Å². The van der Waals surface area contributed by atoms with Crippen LogP contribution < -0.4 is 5.73 Å². The van der Waals surface area contributed by atoms with E-state index in [0.29, 0.717) is 6.54 Å². The summed E-state index contributed by atoms with van der Waals surface area (Å²) in [5.74, 6) is 0. The van der Waals surface area contributed by atoms with Crippen molar-refractivity contribution in [1.82, 2.24) is 0 Å². The Hall–Kier alpha value is -1.64. The van der Waals surface area contributed by atoms with Crippen molar-refractivity contribution < 1.29 is 4.74 Å². The summed E-state index contributed by atoms with van der Waals surface area (Å²) >= 11 is 0. The molecule has 25 heavy (non-hydrogen) atoms. The highest BCUT2D eigenvalue weighted by Crippen LogP contribution is 1.99. The highest BCUT2D eigenvalue weighted by atomic mass is 16.5. The van der Waals surface area contributed by atoms with Gasteiger partial charge in [-0.25, -0.2) is 0 Å². The van der Waals surface area contributed by atoms with E-state index in [4.69, 9.17) is 10.5 Å². The fourth-order valence-electron chi connectivity index (χ4n) is 1.98. The lowest BCUT2D eigenvalue weighted by atomic mass is 10.2. The minimum Gasteiger partial charge on any atom is -0.381 e. The lowest BCUT2D eigenvalue weighted by Gasteiger charge is -2.01. The van der Waals surface area contributed by atoms with Crippen molar-refractivity contribution >= 4 is 0 Å². The maximum atomic E-state index is 5.42. The van der Waals surface area contributed by atoms with Gasteiger partial charge in [-0.15, -0.1) is 0 Å². The first-order valence-corrected chi connectivity index (χ1v) is 9.66. The van der Waals surface area contributed by atoms with E-state index in [1.807, 2.05) is 66.7 Å². The summed E-state index contributed by atoms with van der Waals surface area (Å²) in [5.41, 5.74) is 6.54. The molecule has 0 saturated heterocycles. The molecule has 0 heterocycles. The maximum absolute atomic E-state index is 5.42. The van der Waals surface area contributed by atoms with Crippen molar-refractivity contribution in [3.8, 4) is 0 Å². The maximum Gasteiger partial charge on any atom is 0.0466 e. The van der Waals surface area contributed by atoms with Crippen LogP contribution in [0.2, 0.25) is 0 Å². The zero-order chi connectivity index (χ0) is 18.4. The van der Waals surface area contributed by atoms with Crippen molar-refractivity contribution in [2.45, 2.75) is 58.9 Å². The van der Waals surface area contributed by atoms with Crippen molar-refractivity contribution in [3.05, 3.63) is 72.3 Å². The number of rotatable bonds is 9. The van der Waals surface area contributed by atoms with Gasteiger partial charge in [0.25, 0.3) is 0 Å². The first-order valence-electron chi connectivity index (χ1n) is 9.66. The van der Waals surface area contributed by atoms with Gasteiger partial charge in [0.15, 0.2) is 0 Å². The third-order valence-corrected chi connectivity index (χ3v) is 3.53. The molecule has 0 amide bonds. The molecular weight excluding hydrogens is 306 g/mol. The van der Waals surface area contributed by atoms with Crippen LogP contribution in [0, 0.1) is 0 Å². The van der Waals surface area contributed by atoms with Gasteiger partial charge in [0, 0.05) is 19.8 Å². The minimum absolute atomic E-state index is 0.640. The van der Waals surface area contributed by atoms with Gasteiger partial charge in [0.05, 0.1) is 0 Å². The van der Waals surface area contributed by atoms with Crippen LogP contribution in [0.3, 0.4) is 0 Å². The highest BCUT2D eigenvalue weighted by Gasteiger charge is 1.88. The van der Waals surface area contributed by atoms with E-state index in [-0.39, 0.29) is 0 Å². The number of ether oxygens (including phenoxy) is 1. The molecule has 0 saturated carbocycles. The van der Waals surface area contributed by atoms with Crippen LogP contribution in [-0.4, -0.2) is 13.2 Å². The molecule has 0 bridgehead atoms. The van der Waals surface area contributed by atoms with E-state index in [1.54, 1.807) is 0 Å². The molecular formula is C23H37NO. The normalized spacial score (nSPS) is 9.40. The summed E-state index contributed by atoms with van der Waals surface area (Å²) in [7, 11) is 0. The predicted molar refractivity (Wildman–Crippen MR) is 111 cm³/mol. The number of unbranched alkanes of at least 4 members (excludes halogenated alkanes) is 4. The number of hydrogen-bond acceptors (Lipinski definition) is 2. The molecule has 140 valence electrons. The molecule has 0 radical (unpaired) electrons. The third kappa shape index (κ3) is 18.5. The van der Waals surface area contributed by atoms with Crippen LogP contribution in [0.5, 0.6) is 0 Å². The fourth-order valence-corrected chi connectivity index (χ4v) is 1.98. The summed E-state index contributed by atoms with van der Waals surface area (Å²) < 4.78 is 5.42. The molecule has 0 aliphatic heterocycles. The smallest absolute Gasteiger partial charge is 0.0466 e. The van der Waals surface area contributed by atoms with Crippen LogP contribution in [-0.2, 0) is 11.3 Å². The van der Waals surface area contributed by atoms with Gasteiger partial charge in [0.2, 0.25) is 0 Å². The van der Waals surface area contributed by atoms with Crippen LogP contribution in [0.15, 0.2) is 66.7 Å². The summed E-state index contributed by atoms with van der Waals surface area (Å²) in [6.07, 6.45) is 7.72. The Balaban J connectivity index is 0.000000360. The molecule has 0 unspecified atom stereocenters. The standard InChI is InChI=1S/C10H22O.C7H9N.C6H6/c1-3-5-7-8-10-11-9-6-4-2;8-6-7-4-2-1-3-5-7;1-2-4-6-5-3-1/h3-10H2,1-2H3;1-5H,6,8H2;1-6H. The first-order chi connectivity index (χ1) is 12.3. The first kappa shape index (κ1) is 23.4. The summed E-state index contributed by atoms with van der Waals surface area (Å²) in [6, 6.07) is 22.0. The molecule has 2 rings (SSSR count). The van der Waals surface area contributed by atoms with Crippen LogP contribution >= 0.6 is 0 Å². The molecule has 0 atom stereocenters. The SMILES string of the molecule is CCCCCCOCCCC.NCc1ccccc1.c1ccccc1. The molecule has 2 nitrogen and oxygen atoms in total. The Kier molecular flexibility index (Phi) is 19.1. The molecule has 0 spiro atoms. The molecule has 0 aliphatic rings. The summed E-state index contributed by atoms with van der Waals surface area (Å²) in [4.78, 5) is 0. The largest absolute Gasteiger partial charge is 0.381 e. The Morgan fingerprint density at radius 1 is 0.640 bits per heavy atom. The van der Waals surface area contributed by atoms with Crippen LogP contribution in [0.1, 0.15) is 57.9 Å². The predicted octanol–water partition coefficient (Wildman–Crippen LogP) is 6.22. The van der Waals surface area contributed by atoms with Gasteiger partial charge in [-0.1, -0.05) is 106 Å². The van der Waals surface area contributed by atoms with Gasteiger partial charge < -0.3 is 10.5 Å². The molecule has 2 heteroatoms. The van der Waals surface area contributed by atoms with Gasteiger partial charge in [0.1, 0.15) is 0 Å². The van der Waals surface area contributed by atoms with Crippen molar-refractivity contribution in [3.63, 3.8) is 0 Å². The molecule has 2 aromatic rings. The van der Waals surface area contributed by atoms with Gasteiger partial charge in [-0.3, -0.25) is 0 Å². The minimum atomic E-state index is 0.640. The Labute approximate surface area is 155 Å². The van der Waals surface area contributed by atoms with E-state index >= 15 is 0 Å². The van der Waals surface area contributed by atoms with Crippen LogP contribution in [0.25, 0.3) is 0 Å². The average molecular weight is 344 g/mol. The monoisotopic (exact) mass is 343 g/mol. The third-order valence-electron chi connectivity index (χ3n) is 3.53. The molecule has 0 aromatic heterocycles. The Morgan fingerprint density at radius 2 is 1.12 bits per heavy atom. The van der Waals surface area contributed by atoms with E-state index < -0.39 is 0 Å². The second-order valence-corrected chi connectivity index (χ2v) is 5.87. The lowest BCUT2D eigenvalue weighted by molar-refractivity contribution is 0.127. The second kappa shape index (κ2) is 20.4. The van der Waals surface area contributed by atoms with Gasteiger partial charge in [-0.05, 0) is 18.4 Å². The molecule has 2 N–H and O–H groups in total. The van der Waals surface area contributed by atoms with Gasteiger partial charge in [-0.2, -0.15) is 0 Å².